The predicted molar refractivity (Wildman–Crippen MR) is 98.4 cm³/mol. The fourth-order valence-electron chi connectivity index (χ4n) is 2.29. The Balaban J connectivity index is 0.00000400. The zero-order chi connectivity index (χ0) is 14.6. The lowest BCUT2D eigenvalue weighted by atomic mass is 10.0. The number of piperidine rings is 1. The normalized spacial score (nSPS) is 19.4. The van der Waals surface area contributed by atoms with E-state index in [0.29, 0.717) is 38.2 Å². The summed E-state index contributed by atoms with van der Waals surface area (Å²) in [6.45, 7) is 9.87. The van der Waals surface area contributed by atoms with Crippen LogP contribution < -0.4 is 5.73 Å². The fourth-order valence-corrected chi connectivity index (χ4v) is 2.29. The van der Waals surface area contributed by atoms with E-state index in [1.807, 2.05) is 0 Å². The average molecular weight is 413 g/mol. The first-order valence-corrected chi connectivity index (χ1v) is 7.94. The van der Waals surface area contributed by atoms with Crippen LogP contribution in [-0.2, 0) is 9.47 Å². The van der Waals surface area contributed by atoms with Crippen molar-refractivity contribution in [3.63, 3.8) is 0 Å². The van der Waals surface area contributed by atoms with E-state index in [9.17, 15) is 0 Å². The molecule has 0 aromatic heterocycles. The molecule has 21 heavy (non-hydrogen) atoms. The monoisotopic (exact) mass is 413 g/mol. The molecule has 0 aromatic carbocycles. The van der Waals surface area contributed by atoms with Crippen LogP contribution in [0.15, 0.2) is 4.99 Å². The molecule has 1 unspecified atom stereocenters. The van der Waals surface area contributed by atoms with Gasteiger partial charge in [0.25, 0.3) is 0 Å². The molecule has 0 radical (unpaired) electrons. The van der Waals surface area contributed by atoms with Crippen molar-refractivity contribution in [2.75, 3.05) is 46.1 Å². The maximum atomic E-state index is 6.00. The summed E-state index contributed by atoms with van der Waals surface area (Å²) in [6.07, 6.45) is 4.80. The third-order valence-corrected chi connectivity index (χ3v) is 3.50. The molecule has 0 amide bonds. The Kier molecular flexibility index (Phi) is 13.5. The Morgan fingerprint density at radius 3 is 2.62 bits per heavy atom. The van der Waals surface area contributed by atoms with Crippen molar-refractivity contribution >= 4 is 29.9 Å². The quantitative estimate of drug-likeness (QED) is 0.273. The van der Waals surface area contributed by atoms with Gasteiger partial charge in [-0.15, -0.1) is 24.0 Å². The van der Waals surface area contributed by atoms with Gasteiger partial charge in [0.15, 0.2) is 5.96 Å². The number of ether oxygens (including phenoxy) is 2. The summed E-state index contributed by atoms with van der Waals surface area (Å²) >= 11 is 0. The van der Waals surface area contributed by atoms with Gasteiger partial charge in [0, 0.05) is 19.7 Å². The van der Waals surface area contributed by atoms with Crippen molar-refractivity contribution in [2.24, 2.45) is 16.6 Å². The van der Waals surface area contributed by atoms with E-state index in [-0.39, 0.29) is 24.0 Å². The molecule has 1 saturated heterocycles. The van der Waals surface area contributed by atoms with Gasteiger partial charge in [-0.1, -0.05) is 20.3 Å². The van der Waals surface area contributed by atoms with Gasteiger partial charge in [-0.05, 0) is 25.2 Å². The molecule has 0 bridgehead atoms. The number of rotatable bonds is 9. The van der Waals surface area contributed by atoms with Gasteiger partial charge in [0.2, 0.25) is 0 Å². The molecule has 2 N–H and O–H groups in total. The highest BCUT2D eigenvalue weighted by Crippen LogP contribution is 2.14. The molecule has 1 aliphatic heterocycles. The van der Waals surface area contributed by atoms with Crippen LogP contribution in [-0.4, -0.2) is 56.9 Å². The van der Waals surface area contributed by atoms with Crippen LogP contribution in [0.3, 0.4) is 0 Å². The second-order valence-electron chi connectivity index (χ2n) is 5.51. The van der Waals surface area contributed by atoms with Crippen LogP contribution in [0.5, 0.6) is 0 Å². The molecule has 1 rings (SSSR count). The summed E-state index contributed by atoms with van der Waals surface area (Å²) in [5.41, 5.74) is 6.00. The minimum Gasteiger partial charge on any atom is -0.379 e. The molecule has 0 aliphatic carbocycles. The third-order valence-electron chi connectivity index (χ3n) is 3.50. The van der Waals surface area contributed by atoms with Crippen molar-refractivity contribution in [1.29, 1.82) is 0 Å². The molecule has 1 heterocycles. The summed E-state index contributed by atoms with van der Waals surface area (Å²) in [6, 6.07) is 0. The maximum absolute atomic E-state index is 6.00. The number of hydrogen-bond donors (Lipinski definition) is 1. The summed E-state index contributed by atoms with van der Waals surface area (Å²) < 4.78 is 10.9. The lowest BCUT2D eigenvalue weighted by Gasteiger charge is -2.31. The van der Waals surface area contributed by atoms with Gasteiger partial charge >= 0.3 is 0 Å². The van der Waals surface area contributed by atoms with E-state index in [2.05, 4.69) is 23.7 Å². The van der Waals surface area contributed by atoms with E-state index in [0.717, 1.165) is 26.1 Å². The van der Waals surface area contributed by atoms with Gasteiger partial charge < -0.3 is 20.1 Å². The minimum absolute atomic E-state index is 0. The largest absolute Gasteiger partial charge is 0.379 e. The number of unbranched alkanes of at least 4 members (excludes halogenated alkanes) is 1. The van der Waals surface area contributed by atoms with Crippen molar-refractivity contribution in [2.45, 2.75) is 39.5 Å². The Hall–Kier alpha value is -0.0800. The van der Waals surface area contributed by atoms with E-state index in [1.54, 1.807) is 0 Å². The lowest BCUT2D eigenvalue weighted by Crippen LogP contribution is -2.43. The van der Waals surface area contributed by atoms with Crippen molar-refractivity contribution in [1.82, 2.24) is 4.90 Å². The highest BCUT2D eigenvalue weighted by atomic mass is 127. The number of guanidine groups is 1. The number of likely N-dealkylation sites (tertiary alicyclic amines) is 1. The molecule has 1 atom stereocenters. The summed E-state index contributed by atoms with van der Waals surface area (Å²) in [4.78, 5) is 6.57. The maximum Gasteiger partial charge on any atom is 0.191 e. The summed E-state index contributed by atoms with van der Waals surface area (Å²) in [7, 11) is 0. The van der Waals surface area contributed by atoms with E-state index >= 15 is 0 Å². The van der Waals surface area contributed by atoms with Gasteiger partial charge in [0.1, 0.15) is 0 Å². The topological polar surface area (TPSA) is 60.1 Å². The van der Waals surface area contributed by atoms with Crippen LogP contribution in [0.2, 0.25) is 0 Å². The van der Waals surface area contributed by atoms with E-state index in [1.165, 1.54) is 19.3 Å². The molecular weight excluding hydrogens is 381 g/mol. The van der Waals surface area contributed by atoms with E-state index < -0.39 is 0 Å². The Morgan fingerprint density at radius 2 is 1.95 bits per heavy atom. The predicted octanol–water partition coefficient (Wildman–Crippen LogP) is 2.48. The number of halogens is 1. The molecule has 1 aliphatic rings. The van der Waals surface area contributed by atoms with Crippen LogP contribution >= 0.6 is 24.0 Å². The summed E-state index contributed by atoms with van der Waals surface area (Å²) in [5.74, 6) is 1.38. The molecule has 6 heteroatoms. The SMILES string of the molecule is CCCCOCCOCCN=C(N)N1CCCC(C)C1.I. The van der Waals surface area contributed by atoms with Crippen molar-refractivity contribution in [3.8, 4) is 0 Å². The van der Waals surface area contributed by atoms with Crippen LogP contribution in [0.25, 0.3) is 0 Å². The fraction of sp³-hybridized carbons (Fsp3) is 0.933. The first kappa shape index (κ1) is 20.9. The first-order valence-electron chi connectivity index (χ1n) is 7.94. The molecule has 126 valence electrons. The van der Waals surface area contributed by atoms with Crippen LogP contribution in [0.1, 0.15) is 39.5 Å². The van der Waals surface area contributed by atoms with Crippen molar-refractivity contribution in [3.05, 3.63) is 0 Å². The Morgan fingerprint density at radius 1 is 1.24 bits per heavy atom. The lowest BCUT2D eigenvalue weighted by molar-refractivity contribution is 0.0497. The number of aliphatic imine (C=N–C) groups is 1. The molecule has 5 nitrogen and oxygen atoms in total. The van der Waals surface area contributed by atoms with Crippen LogP contribution in [0, 0.1) is 5.92 Å². The van der Waals surface area contributed by atoms with Gasteiger partial charge in [0.05, 0.1) is 26.4 Å². The van der Waals surface area contributed by atoms with Gasteiger partial charge in [-0.3, -0.25) is 4.99 Å². The molecule has 0 aromatic rings. The Bertz CT molecular complexity index is 278. The smallest absolute Gasteiger partial charge is 0.191 e. The number of hydrogen-bond acceptors (Lipinski definition) is 3. The van der Waals surface area contributed by atoms with Gasteiger partial charge in [-0.25, -0.2) is 0 Å². The highest BCUT2D eigenvalue weighted by molar-refractivity contribution is 14.0. The molecule has 0 saturated carbocycles. The van der Waals surface area contributed by atoms with Crippen molar-refractivity contribution < 1.29 is 9.47 Å². The highest BCUT2D eigenvalue weighted by Gasteiger charge is 2.17. The zero-order valence-corrected chi connectivity index (χ0v) is 15.9. The second kappa shape index (κ2) is 13.6. The average Bonchev–Trinajstić information content (AvgIpc) is 2.45. The van der Waals surface area contributed by atoms with E-state index in [4.69, 9.17) is 15.2 Å². The zero-order valence-electron chi connectivity index (χ0n) is 13.6. The van der Waals surface area contributed by atoms with Gasteiger partial charge in [-0.2, -0.15) is 0 Å². The number of nitrogens with zero attached hydrogens (tertiary/aromatic N) is 2. The standard InChI is InChI=1S/C15H31N3O2.HI/c1-3-4-9-19-11-12-20-10-7-17-15(16)18-8-5-6-14(2)13-18;/h14H,3-13H2,1-2H3,(H2,16,17);1H. The number of nitrogens with two attached hydrogens (primary N) is 1. The molecule has 1 fully saturated rings. The molecule has 0 spiro atoms. The van der Waals surface area contributed by atoms with Crippen LogP contribution in [0.4, 0.5) is 0 Å². The molecular formula is C15H32IN3O2. The second-order valence-corrected chi connectivity index (χ2v) is 5.51. The third kappa shape index (κ3) is 10.3. The summed E-state index contributed by atoms with van der Waals surface area (Å²) in [5, 5.41) is 0. The Labute approximate surface area is 146 Å². The minimum atomic E-state index is 0. The first-order chi connectivity index (χ1) is 9.74.